The van der Waals surface area contributed by atoms with E-state index in [4.69, 9.17) is 24.4 Å². The first-order valence-electron chi connectivity index (χ1n) is 11.2. The second kappa shape index (κ2) is 12.2. The van der Waals surface area contributed by atoms with Crippen LogP contribution >= 0.6 is 35.8 Å². The molecule has 0 saturated heterocycles. The molecule has 8 heteroatoms. The maximum absolute atomic E-state index is 13.0. The highest BCUT2D eigenvalue weighted by molar-refractivity contribution is 7.73. The summed E-state index contributed by atoms with van der Waals surface area (Å²) in [5.74, 6) is 0. The van der Waals surface area contributed by atoms with E-state index in [1.54, 1.807) is 0 Å². The predicted octanol–water partition coefficient (Wildman–Crippen LogP) is 6.23. The number of benzene rings is 2. The Labute approximate surface area is 209 Å². The van der Waals surface area contributed by atoms with E-state index in [-0.39, 0.29) is 5.56 Å². The van der Waals surface area contributed by atoms with Gasteiger partial charge in [0.2, 0.25) is 0 Å². The predicted molar refractivity (Wildman–Crippen MR) is 145 cm³/mol. The molecule has 0 spiro atoms. The van der Waals surface area contributed by atoms with Gasteiger partial charge in [0, 0.05) is 6.54 Å². The van der Waals surface area contributed by atoms with Crippen LogP contribution < -0.4 is 5.56 Å². The Kier molecular flexibility index (Phi) is 9.31. The molecule has 0 radical (unpaired) electrons. The number of para-hydroxylation sites is 1. The lowest BCUT2D eigenvalue weighted by Crippen LogP contribution is -2.21. The summed E-state index contributed by atoms with van der Waals surface area (Å²) in [6.07, 6.45) is 0.837. The first-order chi connectivity index (χ1) is 16.0. The van der Waals surface area contributed by atoms with Gasteiger partial charge in [0.25, 0.3) is 5.56 Å². The van der Waals surface area contributed by atoms with E-state index in [0.29, 0.717) is 25.6 Å². The molecule has 1 N–H and O–H groups in total. The molecule has 0 saturated carbocycles. The van der Waals surface area contributed by atoms with E-state index >= 15 is 0 Å². The molecule has 0 aliphatic rings. The van der Waals surface area contributed by atoms with Gasteiger partial charge in [0.05, 0.1) is 5.69 Å². The van der Waals surface area contributed by atoms with Crippen molar-refractivity contribution in [1.29, 1.82) is 0 Å². The Hall–Kier alpha value is -2.39. The SMILES string of the molecule is CCN(CC)CC.O=c1c2sc(=S)n(CCc3ccccc3)c2[nH]c(=S)n1-c1ccccc1. The Balaban J connectivity index is 0.000000383. The molecular weight excluding hydrogens is 469 g/mol. The van der Waals surface area contributed by atoms with Gasteiger partial charge in [-0.2, -0.15) is 0 Å². The molecule has 2 aromatic heterocycles. The monoisotopic (exact) mass is 498 g/mol. The fourth-order valence-corrected chi connectivity index (χ4v) is 5.22. The molecule has 174 valence electrons. The Morgan fingerprint density at radius 2 is 1.48 bits per heavy atom. The minimum absolute atomic E-state index is 0.135. The average molecular weight is 499 g/mol. The van der Waals surface area contributed by atoms with Crippen molar-refractivity contribution >= 4 is 46.1 Å². The summed E-state index contributed by atoms with van der Waals surface area (Å²) in [5.41, 5.74) is 2.54. The van der Waals surface area contributed by atoms with Crippen molar-refractivity contribution in [2.45, 2.75) is 33.7 Å². The molecule has 4 rings (SSSR count). The molecule has 0 fully saturated rings. The van der Waals surface area contributed by atoms with Crippen LogP contribution in [0.25, 0.3) is 16.0 Å². The van der Waals surface area contributed by atoms with Gasteiger partial charge in [-0.1, -0.05) is 80.6 Å². The van der Waals surface area contributed by atoms with Gasteiger partial charge < -0.3 is 14.5 Å². The standard InChI is InChI=1S/C19H15N3OS3.C6H15N/c23-17-15-16(20-18(24)22(17)14-9-5-2-6-10-14)21(19(25)26-15)12-11-13-7-3-1-4-8-13;1-4-7(5-2)6-3/h1-10H,11-12H2,(H,20,24);4-6H2,1-3H3. The Morgan fingerprint density at radius 1 is 0.909 bits per heavy atom. The van der Waals surface area contributed by atoms with Crippen LogP contribution in [-0.2, 0) is 13.0 Å². The van der Waals surface area contributed by atoms with Gasteiger partial charge in [-0.25, -0.2) is 0 Å². The highest BCUT2D eigenvalue weighted by atomic mass is 32.1. The van der Waals surface area contributed by atoms with Crippen molar-refractivity contribution in [1.82, 2.24) is 19.0 Å². The molecule has 4 aromatic rings. The molecule has 2 heterocycles. The number of hydrogen-bond acceptors (Lipinski definition) is 5. The van der Waals surface area contributed by atoms with Crippen LogP contribution in [0.2, 0.25) is 0 Å². The van der Waals surface area contributed by atoms with Crippen LogP contribution in [0.1, 0.15) is 26.3 Å². The van der Waals surface area contributed by atoms with E-state index in [9.17, 15) is 4.79 Å². The third kappa shape index (κ3) is 6.14. The second-order valence-corrected chi connectivity index (χ2v) is 9.49. The van der Waals surface area contributed by atoms with Crippen molar-refractivity contribution in [3.63, 3.8) is 0 Å². The van der Waals surface area contributed by atoms with Crippen molar-refractivity contribution in [3.05, 3.63) is 85.3 Å². The van der Waals surface area contributed by atoms with Gasteiger partial charge in [-0.3, -0.25) is 9.36 Å². The van der Waals surface area contributed by atoms with Crippen molar-refractivity contribution < 1.29 is 0 Å². The molecule has 0 aliphatic heterocycles. The summed E-state index contributed by atoms with van der Waals surface area (Å²) < 4.78 is 5.12. The highest BCUT2D eigenvalue weighted by Crippen LogP contribution is 2.20. The van der Waals surface area contributed by atoms with Crippen LogP contribution in [-0.4, -0.2) is 38.7 Å². The summed E-state index contributed by atoms with van der Waals surface area (Å²) in [5, 5.41) is 0. The van der Waals surface area contributed by atoms with Gasteiger partial charge in [-0.05, 0) is 68.2 Å². The van der Waals surface area contributed by atoms with Gasteiger partial charge in [0.1, 0.15) is 10.3 Å². The summed E-state index contributed by atoms with van der Waals surface area (Å²) in [6.45, 7) is 10.8. The zero-order valence-electron chi connectivity index (χ0n) is 19.3. The lowest BCUT2D eigenvalue weighted by molar-refractivity contribution is 0.321. The van der Waals surface area contributed by atoms with E-state index in [0.717, 1.165) is 12.1 Å². The lowest BCUT2D eigenvalue weighted by Gasteiger charge is -2.13. The minimum Gasteiger partial charge on any atom is -0.317 e. The summed E-state index contributed by atoms with van der Waals surface area (Å²) in [6, 6.07) is 19.6. The molecular formula is C25H30N4OS3. The van der Waals surface area contributed by atoms with Gasteiger partial charge in [-0.15, -0.1) is 0 Å². The topological polar surface area (TPSA) is 46.0 Å². The lowest BCUT2D eigenvalue weighted by atomic mass is 10.1. The number of nitrogens with zero attached hydrogens (tertiary/aromatic N) is 3. The first-order valence-corrected chi connectivity index (χ1v) is 12.8. The third-order valence-electron chi connectivity index (χ3n) is 5.54. The van der Waals surface area contributed by atoms with Crippen LogP contribution in [0.3, 0.4) is 0 Å². The number of thiazole rings is 1. The number of fused-ring (bicyclic) bond motifs is 1. The van der Waals surface area contributed by atoms with Crippen molar-refractivity contribution in [2.75, 3.05) is 19.6 Å². The number of nitrogens with one attached hydrogen (secondary N) is 1. The molecule has 0 atom stereocenters. The molecule has 0 bridgehead atoms. The molecule has 0 amide bonds. The number of aryl methyl sites for hydroxylation is 2. The number of hydrogen-bond donors (Lipinski definition) is 1. The largest absolute Gasteiger partial charge is 0.317 e. The van der Waals surface area contributed by atoms with Crippen LogP contribution in [0.15, 0.2) is 65.5 Å². The highest BCUT2D eigenvalue weighted by Gasteiger charge is 2.13. The zero-order chi connectivity index (χ0) is 23.8. The van der Waals surface area contributed by atoms with Crippen LogP contribution in [0.4, 0.5) is 0 Å². The van der Waals surface area contributed by atoms with E-state index < -0.39 is 0 Å². The van der Waals surface area contributed by atoms with E-state index in [1.165, 1.54) is 41.1 Å². The third-order valence-corrected chi connectivity index (χ3v) is 7.27. The number of aromatic nitrogens is 3. The molecule has 5 nitrogen and oxygen atoms in total. The summed E-state index contributed by atoms with van der Waals surface area (Å²) >= 11 is 12.3. The Morgan fingerprint density at radius 3 is 2.03 bits per heavy atom. The molecule has 0 unspecified atom stereocenters. The Bertz CT molecular complexity index is 1330. The van der Waals surface area contributed by atoms with E-state index in [1.807, 2.05) is 53.1 Å². The zero-order valence-corrected chi connectivity index (χ0v) is 21.7. The maximum Gasteiger partial charge on any atom is 0.278 e. The summed E-state index contributed by atoms with van der Waals surface area (Å²) in [4.78, 5) is 18.6. The summed E-state index contributed by atoms with van der Waals surface area (Å²) in [7, 11) is 0. The van der Waals surface area contributed by atoms with Crippen molar-refractivity contribution in [3.8, 4) is 5.69 Å². The van der Waals surface area contributed by atoms with Crippen LogP contribution in [0.5, 0.6) is 0 Å². The van der Waals surface area contributed by atoms with Gasteiger partial charge >= 0.3 is 0 Å². The van der Waals surface area contributed by atoms with Crippen LogP contribution in [0, 0.1) is 8.73 Å². The van der Waals surface area contributed by atoms with E-state index in [2.05, 4.69) is 42.8 Å². The second-order valence-electron chi connectivity index (χ2n) is 7.46. The molecule has 0 aliphatic carbocycles. The van der Waals surface area contributed by atoms with Gasteiger partial charge in [0.15, 0.2) is 8.73 Å². The maximum atomic E-state index is 13.0. The fraction of sp³-hybridized carbons (Fsp3) is 0.320. The molecule has 2 aromatic carbocycles. The molecule has 33 heavy (non-hydrogen) atoms. The number of rotatable bonds is 7. The fourth-order valence-electron chi connectivity index (χ4n) is 3.60. The normalized spacial score (nSPS) is 10.9. The first kappa shape index (κ1) is 25.2. The quantitative estimate of drug-likeness (QED) is 0.307. The van der Waals surface area contributed by atoms with Crippen molar-refractivity contribution in [2.24, 2.45) is 0 Å². The smallest absolute Gasteiger partial charge is 0.278 e. The minimum atomic E-state index is -0.135. The average Bonchev–Trinajstić information content (AvgIpc) is 3.16. The number of H-pyrrole nitrogens is 1. The number of aromatic amines is 1.